The van der Waals surface area contributed by atoms with E-state index in [2.05, 4.69) is 20.3 Å². The Hall–Kier alpha value is -1.97. The van der Waals surface area contributed by atoms with Gasteiger partial charge in [0.1, 0.15) is 6.33 Å². The average molecular weight is 200 g/mol. The van der Waals surface area contributed by atoms with Gasteiger partial charge in [0.05, 0.1) is 12.2 Å². The first kappa shape index (κ1) is 9.58. The van der Waals surface area contributed by atoms with E-state index in [1.54, 1.807) is 18.7 Å². The van der Waals surface area contributed by atoms with Crippen molar-refractivity contribution in [2.75, 3.05) is 5.32 Å². The highest BCUT2D eigenvalue weighted by Gasteiger charge is 1.97. The van der Waals surface area contributed by atoms with Gasteiger partial charge in [0, 0.05) is 24.3 Å². The van der Waals surface area contributed by atoms with Gasteiger partial charge < -0.3 is 5.32 Å². The monoisotopic (exact) mass is 200 g/mol. The molecule has 2 aromatic heterocycles. The predicted molar refractivity (Wildman–Crippen MR) is 58.3 cm³/mol. The third kappa shape index (κ3) is 2.49. The van der Waals surface area contributed by atoms with E-state index in [0.717, 1.165) is 16.9 Å². The molecule has 0 saturated carbocycles. The normalized spacial score (nSPS) is 9.93. The van der Waals surface area contributed by atoms with E-state index in [9.17, 15) is 0 Å². The van der Waals surface area contributed by atoms with Crippen LogP contribution in [0.5, 0.6) is 0 Å². The Morgan fingerprint density at radius 1 is 1.20 bits per heavy atom. The minimum absolute atomic E-state index is 0.702. The Labute approximate surface area is 88.4 Å². The minimum Gasteiger partial charge on any atom is -0.379 e. The van der Waals surface area contributed by atoms with Gasteiger partial charge in [0.2, 0.25) is 0 Å². The van der Waals surface area contributed by atoms with E-state index in [4.69, 9.17) is 0 Å². The molecule has 2 heterocycles. The smallest absolute Gasteiger partial charge is 0.115 e. The highest BCUT2D eigenvalue weighted by atomic mass is 14.9. The van der Waals surface area contributed by atoms with Gasteiger partial charge in [-0.25, -0.2) is 9.97 Å². The molecule has 0 aliphatic rings. The van der Waals surface area contributed by atoms with Gasteiger partial charge in [-0.1, -0.05) is 0 Å². The van der Waals surface area contributed by atoms with Crippen LogP contribution < -0.4 is 5.32 Å². The molecular weight excluding hydrogens is 188 g/mol. The topological polar surface area (TPSA) is 50.7 Å². The van der Waals surface area contributed by atoms with E-state index in [-0.39, 0.29) is 0 Å². The van der Waals surface area contributed by atoms with Crippen molar-refractivity contribution in [1.29, 1.82) is 0 Å². The molecule has 0 atom stereocenters. The van der Waals surface area contributed by atoms with Crippen molar-refractivity contribution >= 4 is 5.69 Å². The summed E-state index contributed by atoms with van der Waals surface area (Å²) < 4.78 is 0. The van der Waals surface area contributed by atoms with Crippen molar-refractivity contribution in [2.45, 2.75) is 13.5 Å². The first-order valence-corrected chi connectivity index (χ1v) is 4.75. The number of nitrogens with zero attached hydrogens (tertiary/aromatic N) is 3. The van der Waals surface area contributed by atoms with Crippen LogP contribution in [0.3, 0.4) is 0 Å². The van der Waals surface area contributed by atoms with Crippen molar-refractivity contribution < 1.29 is 0 Å². The van der Waals surface area contributed by atoms with Gasteiger partial charge in [-0.3, -0.25) is 4.98 Å². The third-order valence-electron chi connectivity index (χ3n) is 2.12. The summed E-state index contributed by atoms with van der Waals surface area (Å²) in [6, 6.07) is 3.85. The summed E-state index contributed by atoms with van der Waals surface area (Å²) in [5.41, 5.74) is 3.19. The highest BCUT2D eigenvalue weighted by Crippen LogP contribution is 2.12. The van der Waals surface area contributed by atoms with Crippen LogP contribution in [-0.4, -0.2) is 15.0 Å². The standard InChI is InChI=1S/C11H12N4/c1-9-6-12-5-3-11(9)14-7-10-2-4-13-8-15-10/h2-6,8H,7H2,1H3,(H,12,14). The summed E-state index contributed by atoms with van der Waals surface area (Å²) in [6.45, 7) is 2.72. The number of aromatic nitrogens is 3. The van der Waals surface area contributed by atoms with Crippen LogP contribution in [-0.2, 0) is 6.54 Å². The zero-order valence-electron chi connectivity index (χ0n) is 8.51. The Kier molecular flexibility index (Phi) is 2.88. The minimum atomic E-state index is 0.702. The SMILES string of the molecule is Cc1cnccc1NCc1ccncn1. The maximum atomic E-state index is 4.13. The summed E-state index contributed by atoms with van der Waals surface area (Å²) in [6.07, 6.45) is 6.90. The summed E-state index contributed by atoms with van der Waals surface area (Å²) in [4.78, 5) is 12.0. The number of nitrogens with one attached hydrogen (secondary N) is 1. The molecule has 0 fully saturated rings. The number of anilines is 1. The second kappa shape index (κ2) is 4.50. The molecular formula is C11H12N4. The molecule has 2 rings (SSSR count). The number of hydrogen-bond acceptors (Lipinski definition) is 4. The zero-order valence-corrected chi connectivity index (χ0v) is 8.51. The number of rotatable bonds is 3. The summed E-state index contributed by atoms with van der Waals surface area (Å²) in [5, 5.41) is 3.30. The van der Waals surface area contributed by atoms with Crippen molar-refractivity contribution in [1.82, 2.24) is 15.0 Å². The van der Waals surface area contributed by atoms with Crippen LogP contribution in [0.15, 0.2) is 37.1 Å². The van der Waals surface area contributed by atoms with E-state index in [1.165, 1.54) is 0 Å². The summed E-state index contributed by atoms with van der Waals surface area (Å²) >= 11 is 0. The lowest BCUT2D eigenvalue weighted by Gasteiger charge is -2.07. The number of pyridine rings is 1. The number of hydrogen-bond donors (Lipinski definition) is 1. The molecule has 15 heavy (non-hydrogen) atoms. The van der Waals surface area contributed by atoms with Gasteiger partial charge in [-0.05, 0) is 24.6 Å². The fourth-order valence-electron chi connectivity index (χ4n) is 1.28. The van der Waals surface area contributed by atoms with Crippen molar-refractivity contribution in [3.63, 3.8) is 0 Å². The molecule has 0 saturated heterocycles. The molecule has 4 nitrogen and oxygen atoms in total. The third-order valence-corrected chi connectivity index (χ3v) is 2.12. The maximum absolute atomic E-state index is 4.13. The summed E-state index contributed by atoms with van der Waals surface area (Å²) in [7, 11) is 0. The van der Waals surface area contributed by atoms with Crippen LogP contribution in [0.1, 0.15) is 11.3 Å². The molecule has 2 aromatic rings. The van der Waals surface area contributed by atoms with Crippen LogP contribution >= 0.6 is 0 Å². The molecule has 0 bridgehead atoms. The van der Waals surface area contributed by atoms with Gasteiger partial charge in [0.15, 0.2) is 0 Å². The van der Waals surface area contributed by atoms with Crippen LogP contribution in [0.4, 0.5) is 5.69 Å². The molecule has 0 aliphatic heterocycles. The van der Waals surface area contributed by atoms with Crippen molar-refractivity contribution in [3.05, 3.63) is 48.3 Å². The largest absolute Gasteiger partial charge is 0.379 e. The average Bonchev–Trinajstić information content (AvgIpc) is 2.29. The lowest BCUT2D eigenvalue weighted by Crippen LogP contribution is -2.02. The lowest BCUT2D eigenvalue weighted by atomic mass is 10.2. The molecule has 0 aliphatic carbocycles. The molecule has 0 radical (unpaired) electrons. The number of aryl methyl sites for hydroxylation is 1. The van der Waals surface area contributed by atoms with E-state index >= 15 is 0 Å². The van der Waals surface area contributed by atoms with Gasteiger partial charge in [-0.15, -0.1) is 0 Å². The molecule has 0 amide bonds. The van der Waals surface area contributed by atoms with E-state index in [0.29, 0.717) is 6.54 Å². The van der Waals surface area contributed by atoms with Gasteiger partial charge in [0.25, 0.3) is 0 Å². The second-order valence-corrected chi connectivity index (χ2v) is 3.24. The Morgan fingerprint density at radius 3 is 2.80 bits per heavy atom. The lowest BCUT2D eigenvalue weighted by molar-refractivity contribution is 1.00. The Bertz CT molecular complexity index is 428. The molecule has 1 N–H and O–H groups in total. The second-order valence-electron chi connectivity index (χ2n) is 3.24. The van der Waals surface area contributed by atoms with Gasteiger partial charge in [-0.2, -0.15) is 0 Å². The van der Waals surface area contributed by atoms with Crippen molar-refractivity contribution in [3.8, 4) is 0 Å². The fraction of sp³-hybridized carbons (Fsp3) is 0.182. The molecule has 0 aromatic carbocycles. The maximum Gasteiger partial charge on any atom is 0.115 e. The summed E-state index contributed by atoms with van der Waals surface area (Å²) in [5.74, 6) is 0. The fourth-order valence-corrected chi connectivity index (χ4v) is 1.28. The first-order valence-electron chi connectivity index (χ1n) is 4.75. The first-order chi connectivity index (χ1) is 7.36. The quantitative estimate of drug-likeness (QED) is 0.820. The molecule has 76 valence electrons. The van der Waals surface area contributed by atoms with Crippen LogP contribution in [0.25, 0.3) is 0 Å². The Balaban J connectivity index is 2.03. The van der Waals surface area contributed by atoms with Crippen molar-refractivity contribution in [2.24, 2.45) is 0 Å². The van der Waals surface area contributed by atoms with E-state index in [1.807, 2.05) is 25.3 Å². The Morgan fingerprint density at radius 2 is 2.07 bits per heavy atom. The van der Waals surface area contributed by atoms with Crippen LogP contribution in [0.2, 0.25) is 0 Å². The van der Waals surface area contributed by atoms with E-state index < -0.39 is 0 Å². The highest BCUT2D eigenvalue weighted by molar-refractivity contribution is 5.48. The predicted octanol–water partition coefficient (Wildman–Crippen LogP) is 1.79. The molecule has 0 spiro atoms. The molecule has 0 unspecified atom stereocenters. The zero-order chi connectivity index (χ0) is 10.5. The molecule has 4 heteroatoms. The van der Waals surface area contributed by atoms with Gasteiger partial charge >= 0.3 is 0 Å². The van der Waals surface area contributed by atoms with Crippen LogP contribution in [0, 0.1) is 6.92 Å².